The van der Waals surface area contributed by atoms with Gasteiger partial charge < -0.3 is 49.1 Å². The summed E-state index contributed by atoms with van der Waals surface area (Å²) >= 11 is 0. The Labute approximate surface area is 194 Å². The van der Waals surface area contributed by atoms with E-state index in [0.29, 0.717) is 19.4 Å². The minimum absolute atomic E-state index is 0.237. The predicted octanol–water partition coefficient (Wildman–Crippen LogP) is -4.79. The molecule has 4 atom stereocenters. The van der Waals surface area contributed by atoms with Gasteiger partial charge in [0.05, 0.1) is 25.3 Å². The lowest BCUT2D eigenvalue weighted by Gasteiger charge is -2.24. The summed E-state index contributed by atoms with van der Waals surface area (Å²) in [7, 11) is 0. The van der Waals surface area contributed by atoms with E-state index in [1.807, 2.05) is 5.32 Å². The van der Waals surface area contributed by atoms with Gasteiger partial charge in [-0.05, 0) is 19.4 Å². The lowest BCUT2D eigenvalue weighted by atomic mass is 10.1. The van der Waals surface area contributed by atoms with E-state index in [-0.39, 0.29) is 6.42 Å². The zero-order valence-electron chi connectivity index (χ0n) is 18.3. The van der Waals surface area contributed by atoms with Gasteiger partial charge in [-0.15, -0.1) is 0 Å². The maximum atomic E-state index is 12.7. The molecular formula is C18H31N7O9. The third-order valence-corrected chi connectivity index (χ3v) is 4.38. The molecule has 0 fully saturated rings. The van der Waals surface area contributed by atoms with E-state index in [1.54, 1.807) is 0 Å². The van der Waals surface area contributed by atoms with Gasteiger partial charge in [0.1, 0.15) is 18.1 Å². The van der Waals surface area contributed by atoms with Crippen LogP contribution in [0.15, 0.2) is 0 Å². The average Bonchev–Trinajstić information content (AvgIpc) is 2.71. The van der Waals surface area contributed by atoms with Crippen molar-refractivity contribution in [1.29, 1.82) is 0 Å². The second-order valence-electron chi connectivity index (χ2n) is 7.35. The summed E-state index contributed by atoms with van der Waals surface area (Å²) in [5.41, 5.74) is 21.3. The minimum atomic E-state index is -1.87. The van der Waals surface area contributed by atoms with Crippen LogP contribution in [0, 0.1) is 0 Å². The molecule has 0 aromatic heterocycles. The number of amides is 5. The number of carbonyl (C=O) groups is 7. The zero-order chi connectivity index (χ0) is 26.4. The quantitative estimate of drug-likeness (QED) is 0.0873. The van der Waals surface area contributed by atoms with Crippen molar-refractivity contribution in [3.8, 4) is 0 Å². The molecule has 0 aliphatic heterocycles. The second kappa shape index (κ2) is 15.1. The topological polar surface area (TPSA) is 300 Å². The SMILES string of the molecule is NCCCCC(N)C(=O)NC(CC(N)=O)C(=O)NC(CC(N)=O)C(=O)NC(CC(=O)O)C(=O)O. The van der Waals surface area contributed by atoms with Crippen LogP contribution in [0.1, 0.15) is 38.5 Å². The van der Waals surface area contributed by atoms with Gasteiger partial charge in [0.25, 0.3) is 0 Å². The van der Waals surface area contributed by atoms with Crippen molar-refractivity contribution in [2.45, 2.75) is 62.7 Å². The van der Waals surface area contributed by atoms with Crippen LogP contribution in [0.4, 0.5) is 0 Å². The van der Waals surface area contributed by atoms with Gasteiger partial charge in [-0.2, -0.15) is 0 Å². The molecule has 0 aliphatic carbocycles. The smallest absolute Gasteiger partial charge is 0.326 e. The van der Waals surface area contributed by atoms with Crippen molar-refractivity contribution in [2.24, 2.45) is 22.9 Å². The van der Waals surface area contributed by atoms with Crippen molar-refractivity contribution in [3.63, 3.8) is 0 Å². The normalized spacial score (nSPS) is 14.1. The lowest BCUT2D eigenvalue weighted by Crippen LogP contribution is -2.58. The molecule has 13 N–H and O–H groups in total. The van der Waals surface area contributed by atoms with Crippen molar-refractivity contribution in [3.05, 3.63) is 0 Å². The second-order valence-corrected chi connectivity index (χ2v) is 7.35. The van der Waals surface area contributed by atoms with Gasteiger partial charge in [-0.3, -0.25) is 28.8 Å². The number of aliphatic carboxylic acids is 2. The molecule has 0 heterocycles. The Hall–Kier alpha value is -3.79. The fourth-order valence-corrected chi connectivity index (χ4v) is 2.66. The van der Waals surface area contributed by atoms with Gasteiger partial charge in [0, 0.05) is 0 Å². The van der Waals surface area contributed by atoms with Crippen molar-refractivity contribution >= 4 is 41.5 Å². The zero-order valence-corrected chi connectivity index (χ0v) is 18.3. The van der Waals surface area contributed by atoms with Gasteiger partial charge in [0.2, 0.25) is 29.5 Å². The summed E-state index contributed by atoms with van der Waals surface area (Å²) in [4.78, 5) is 82.1. The highest BCUT2D eigenvalue weighted by atomic mass is 16.4. The first-order chi connectivity index (χ1) is 15.8. The van der Waals surface area contributed by atoms with E-state index in [1.165, 1.54) is 0 Å². The van der Waals surface area contributed by atoms with E-state index in [0.717, 1.165) is 0 Å². The number of nitrogens with two attached hydrogens (primary N) is 4. The number of nitrogens with one attached hydrogen (secondary N) is 3. The fourth-order valence-electron chi connectivity index (χ4n) is 2.66. The number of unbranched alkanes of at least 4 members (excludes halogenated alkanes) is 1. The molecule has 34 heavy (non-hydrogen) atoms. The van der Waals surface area contributed by atoms with Crippen LogP contribution in [-0.4, -0.2) is 82.4 Å². The molecule has 0 rings (SSSR count). The molecule has 0 aliphatic rings. The van der Waals surface area contributed by atoms with Crippen LogP contribution in [0.2, 0.25) is 0 Å². The molecule has 0 radical (unpaired) electrons. The number of carboxylic acid groups (broad SMARTS) is 2. The molecular weight excluding hydrogens is 458 g/mol. The molecule has 0 saturated carbocycles. The molecule has 0 aromatic carbocycles. The van der Waals surface area contributed by atoms with Gasteiger partial charge in [-0.1, -0.05) is 6.42 Å². The first kappa shape index (κ1) is 30.2. The highest BCUT2D eigenvalue weighted by Crippen LogP contribution is 2.03. The van der Waals surface area contributed by atoms with Gasteiger partial charge >= 0.3 is 11.9 Å². The molecule has 16 nitrogen and oxygen atoms in total. The number of carbonyl (C=O) groups excluding carboxylic acids is 5. The Balaban J connectivity index is 5.48. The third-order valence-electron chi connectivity index (χ3n) is 4.38. The fraction of sp³-hybridized carbons (Fsp3) is 0.611. The van der Waals surface area contributed by atoms with E-state index in [4.69, 9.17) is 33.1 Å². The van der Waals surface area contributed by atoms with Crippen LogP contribution < -0.4 is 38.9 Å². The van der Waals surface area contributed by atoms with E-state index in [2.05, 4.69) is 10.6 Å². The number of primary amides is 2. The number of hydrogen-bond acceptors (Lipinski definition) is 9. The summed E-state index contributed by atoms with van der Waals surface area (Å²) in [6, 6.07) is -6.23. The Morgan fingerprint density at radius 3 is 1.50 bits per heavy atom. The first-order valence-corrected chi connectivity index (χ1v) is 10.2. The van der Waals surface area contributed by atoms with Crippen molar-refractivity contribution in [2.75, 3.05) is 6.54 Å². The Bertz CT molecular complexity index is 790. The third kappa shape index (κ3) is 12.3. The summed E-state index contributed by atoms with van der Waals surface area (Å²) < 4.78 is 0. The standard InChI is InChI=1S/C18H31N7O9/c19-4-2-1-3-8(20)15(30)23-9(5-12(21)26)16(31)24-10(6-13(22)27)17(32)25-11(18(33)34)7-14(28)29/h8-11H,1-7,19-20H2,(H2,21,26)(H2,22,27)(H,23,30)(H,24,31)(H,25,32)(H,28,29)(H,33,34). The summed E-state index contributed by atoms with van der Waals surface area (Å²) in [5.74, 6) is -8.40. The maximum absolute atomic E-state index is 12.7. The molecule has 0 aromatic rings. The van der Waals surface area contributed by atoms with Crippen LogP contribution in [0.3, 0.4) is 0 Å². The first-order valence-electron chi connectivity index (χ1n) is 10.2. The molecule has 16 heteroatoms. The van der Waals surface area contributed by atoms with Crippen molar-refractivity contribution in [1.82, 2.24) is 16.0 Å². The molecule has 0 saturated heterocycles. The molecule has 5 amide bonds. The minimum Gasteiger partial charge on any atom is -0.481 e. The Kier molecular flexibility index (Phi) is 13.4. The summed E-state index contributed by atoms with van der Waals surface area (Å²) in [6.45, 7) is 0.388. The van der Waals surface area contributed by atoms with Crippen LogP contribution in [-0.2, 0) is 33.6 Å². The number of hydrogen-bond donors (Lipinski definition) is 9. The Morgan fingerprint density at radius 1 is 0.676 bits per heavy atom. The van der Waals surface area contributed by atoms with Crippen LogP contribution >= 0.6 is 0 Å². The van der Waals surface area contributed by atoms with E-state index >= 15 is 0 Å². The summed E-state index contributed by atoms with van der Waals surface area (Å²) in [6.07, 6.45) is -1.10. The molecule has 192 valence electrons. The highest BCUT2D eigenvalue weighted by Gasteiger charge is 2.32. The highest BCUT2D eigenvalue weighted by molar-refractivity contribution is 5.97. The molecule has 0 bridgehead atoms. The molecule has 4 unspecified atom stereocenters. The predicted molar refractivity (Wildman–Crippen MR) is 114 cm³/mol. The monoisotopic (exact) mass is 489 g/mol. The van der Waals surface area contributed by atoms with Gasteiger partial charge in [0.15, 0.2) is 0 Å². The summed E-state index contributed by atoms with van der Waals surface area (Å²) in [5, 5.41) is 24.0. The average molecular weight is 489 g/mol. The maximum Gasteiger partial charge on any atom is 0.326 e. The van der Waals surface area contributed by atoms with Crippen molar-refractivity contribution < 1.29 is 43.8 Å². The molecule has 0 spiro atoms. The van der Waals surface area contributed by atoms with E-state index < -0.39 is 84.9 Å². The van der Waals surface area contributed by atoms with Crippen LogP contribution in [0.5, 0.6) is 0 Å². The lowest BCUT2D eigenvalue weighted by molar-refractivity contribution is -0.147. The van der Waals surface area contributed by atoms with E-state index in [9.17, 15) is 33.6 Å². The van der Waals surface area contributed by atoms with Crippen LogP contribution in [0.25, 0.3) is 0 Å². The number of carboxylic acids is 2. The largest absolute Gasteiger partial charge is 0.481 e. The van der Waals surface area contributed by atoms with Gasteiger partial charge in [-0.25, -0.2) is 4.79 Å². The Morgan fingerprint density at radius 2 is 1.12 bits per heavy atom. The number of rotatable bonds is 17.